The quantitative estimate of drug-likeness (QED) is 0.454. The van der Waals surface area contributed by atoms with Crippen LogP contribution >= 0.6 is 11.6 Å². The minimum atomic E-state index is -0.511. The van der Waals surface area contributed by atoms with Crippen molar-refractivity contribution in [3.63, 3.8) is 0 Å². The number of unbranched alkanes of at least 4 members (excludes halogenated alkanes) is 1. The number of methoxy groups -OCH3 is 1. The molecule has 5 nitrogen and oxygen atoms in total. The lowest BCUT2D eigenvalue weighted by atomic mass is 10.2. The highest BCUT2D eigenvalue weighted by molar-refractivity contribution is 6.33. The van der Waals surface area contributed by atoms with Crippen LogP contribution in [0.2, 0.25) is 5.02 Å². The Labute approximate surface area is 123 Å². The van der Waals surface area contributed by atoms with Gasteiger partial charge in [-0.15, -0.1) is 0 Å². The van der Waals surface area contributed by atoms with E-state index >= 15 is 0 Å². The first-order valence-electron chi connectivity index (χ1n) is 6.48. The molecule has 1 rings (SSSR count). The van der Waals surface area contributed by atoms with Gasteiger partial charge in [-0.3, -0.25) is 0 Å². The van der Waals surface area contributed by atoms with Crippen molar-refractivity contribution >= 4 is 23.3 Å². The molecule has 0 spiro atoms. The van der Waals surface area contributed by atoms with Crippen molar-refractivity contribution in [2.75, 3.05) is 32.7 Å². The third-order valence-electron chi connectivity index (χ3n) is 2.64. The van der Waals surface area contributed by atoms with Crippen molar-refractivity contribution in [3.8, 4) is 5.75 Å². The lowest BCUT2D eigenvalue weighted by molar-refractivity contribution is 0.0311. The van der Waals surface area contributed by atoms with E-state index in [1.54, 1.807) is 0 Å². The van der Waals surface area contributed by atoms with E-state index in [1.165, 1.54) is 19.2 Å². The third-order valence-corrected chi connectivity index (χ3v) is 2.97. The summed E-state index contributed by atoms with van der Waals surface area (Å²) in [5.74, 6) is -0.174. The van der Waals surface area contributed by atoms with E-state index in [0.29, 0.717) is 24.7 Å². The van der Waals surface area contributed by atoms with E-state index in [4.69, 9.17) is 31.5 Å². The Hall–Kier alpha value is -1.46. The summed E-state index contributed by atoms with van der Waals surface area (Å²) in [5.41, 5.74) is 6.25. The summed E-state index contributed by atoms with van der Waals surface area (Å²) >= 11 is 5.89. The van der Waals surface area contributed by atoms with Gasteiger partial charge in [0.2, 0.25) is 0 Å². The molecule has 1 aromatic rings. The van der Waals surface area contributed by atoms with E-state index in [0.717, 1.165) is 12.8 Å². The molecule has 0 fully saturated rings. The van der Waals surface area contributed by atoms with Crippen LogP contribution in [0, 0.1) is 0 Å². The van der Waals surface area contributed by atoms with Gasteiger partial charge in [-0.05, 0) is 12.5 Å². The fourth-order valence-corrected chi connectivity index (χ4v) is 1.68. The zero-order chi connectivity index (χ0) is 15.0. The Balaban J connectivity index is 2.53. The maximum absolute atomic E-state index is 11.9. The standard InChI is InChI=1S/C14H20ClNO4/c1-3-4-5-19-6-7-20-14(17)10-8-11(15)12(16)9-13(10)18-2/h8-9H,3-7,16H2,1-2H3. The summed E-state index contributed by atoms with van der Waals surface area (Å²) in [5, 5.41) is 0.289. The van der Waals surface area contributed by atoms with E-state index in [-0.39, 0.29) is 17.2 Å². The number of ether oxygens (including phenoxy) is 3. The summed E-state index contributed by atoms with van der Waals surface area (Å²) in [4.78, 5) is 11.9. The highest BCUT2D eigenvalue weighted by atomic mass is 35.5. The zero-order valence-corrected chi connectivity index (χ0v) is 12.5. The van der Waals surface area contributed by atoms with Gasteiger partial charge in [0.15, 0.2) is 0 Å². The summed E-state index contributed by atoms with van der Waals surface area (Å²) in [6.45, 7) is 3.32. The van der Waals surface area contributed by atoms with Gasteiger partial charge in [-0.2, -0.15) is 0 Å². The van der Waals surface area contributed by atoms with E-state index in [9.17, 15) is 4.79 Å². The first-order valence-corrected chi connectivity index (χ1v) is 6.85. The molecule has 0 unspecified atom stereocenters. The molecule has 2 N–H and O–H groups in total. The molecule has 0 radical (unpaired) electrons. The van der Waals surface area contributed by atoms with E-state index < -0.39 is 5.97 Å². The maximum atomic E-state index is 11.9. The Kier molecular flexibility index (Phi) is 7.18. The topological polar surface area (TPSA) is 70.8 Å². The predicted molar refractivity (Wildman–Crippen MR) is 78.4 cm³/mol. The maximum Gasteiger partial charge on any atom is 0.342 e. The van der Waals surface area contributed by atoms with Crippen molar-refractivity contribution in [1.29, 1.82) is 0 Å². The molecule has 0 saturated heterocycles. The highest BCUT2D eigenvalue weighted by Crippen LogP contribution is 2.29. The average Bonchev–Trinajstić information content (AvgIpc) is 2.44. The zero-order valence-electron chi connectivity index (χ0n) is 11.8. The lowest BCUT2D eigenvalue weighted by Gasteiger charge is -2.10. The second kappa shape index (κ2) is 8.66. The van der Waals surface area contributed by atoms with Crippen LogP contribution in [0.4, 0.5) is 5.69 Å². The smallest absolute Gasteiger partial charge is 0.342 e. The SMILES string of the molecule is CCCCOCCOC(=O)c1cc(Cl)c(N)cc1OC. The van der Waals surface area contributed by atoms with Gasteiger partial charge in [0.1, 0.15) is 17.9 Å². The third kappa shape index (κ3) is 4.90. The number of hydrogen-bond donors (Lipinski definition) is 1. The number of hydrogen-bond acceptors (Lipinski definition) is 5. The van der Waals surface area contributed by atoms with Gasteiger partial charge >= 0.3 is 5.97 Å². The monoisotopic (exact) mass is 301 g/mol. The molecule has 0 aliphatic rings. The molecule has 0 aliphatic heterocycles. The second-order valence-electron chi connectivity index (χ2n) is 4.18. The number of rotatable bonds is 8. The lowest BCUT2D eigenvalue weighted by Crippen LogP contribution is -2.12. The number of nitrogen functional groups attached to an aromatic ring is 1. The Bertz CT molecular complexity index is 451. The molecule has 0 bridgehead atoms. The van der Waals surface area contributed by atoms with Crippen LogP contribution in [-0.2, 0) is 9.47 Å². The summed E-state index contributed by atoms with van der Waals surface area (Å²) < 4.78 is 15.5. The molecule has 6 heteroatoms. The molecule has 0 amide bonds. The summed E-state index contributed by atoms with van der Waals surface area (Å²) in [7, 11) is 1.45. The van der Waals surface area contributed by atoms with Gasteiger partial charge in [-0.1, -0.05) is 24.9 Å². The number of esters is 1. The van der Waals surface area contributed by atoms with Gasteiger partial charge in [-0.25, -0.2) is 4.79 Å². The average molecular weight is 302 g/mol. The molecule has 0 heterocycles. The largest absolute Gasteiger partial charge is 0.496 e. The van der Waals surface area contributed by atoms with E-state index in [2.05, 4.69) is 6.92 Å². The number of carbonyl (C=O) groups excluding carboxylic acids is 1. The predicted octanol–water partition coefficient (Wildman–Crippen LogP) is 2.90. The number of halogens is 1. The normalized spacial score (nSPS) is 10.3. The molecule has 0 saturated carbocycles. The summed E-state index contributed by atoms with van der Waals surface area (Å²) in [6, 6.07) is 2.94. The van der Waals surface area contributed by atoms with Crippen molar-refractivity contribution in [1.82, 2.24) is 0 Å². The first-order chi connectivity index (χ1) is 9.60. The van der Waals surface area contributed by atoms with Gasteiger partial charge in [0.25, 0.3) is 0 Å². The second-order valence-corrected chi connectivity index (χ2v) is 4.58. The highest BCUT2D eigenvalue weighted by Gasteiger charge is 2.16. The van der Waals surface area contributed by atoms with Crippen LogP contribution in [-0.4, -0.2) is 32.9 Å². The number of carbonyl (C=O) groups is 1. The van der Waals surface area contributed by atoms with Gasteiger partial charge in [0, 0.05) is 12.7 Å². The van der Waals surface area contributed by atoms with Crippen molar-refractivity contribution in [2.45, 2.75) is 19.8 Å². The van der Waals surface area contributed by atoms with Crippen LogP contribution in [0.15, 0.2) is 12.1 Å². The first kappa shape index (κ1) is 16.6. The molecule has 1 aromatic carbocycles. The Morgan fingerprint density at radius 1 is 1.30 bits per heavy atom. The minimum absolute atomic E-state index is 0.188. The number of nitrogens with two attached hydrogens (primary N) is 1. The van der Waals surface area contributed by atoms with Gasteiger partial charge in [0.05, 0.1) is 24.4 Å². The van der Waals surface area contributed by atoms with Crippen LogP contribution < -0.4 is 10.5 Å². The molecule has 112 valence electrons. The fraction of sp³-hybridized carbons (Fsp3) is 0.500. The number of benzene rings is 1. The van der Waals surface area contributed by atoms with Crippen LogP contribution in [0.1, 0.15) is 30.1 Å². The van der Waals surface area contributed by atoms with Gasteiger partial charge < -0.3 is 19.9 Å². The molecular weight excluding hydrogens is 282 g/mol. The van der Waals surface area contributed by atoms with Crippen molar-refractivity contribution in [3.05, 3.63) is 22.7 Å². The molecule has 0 aliphatic carbocycles. The van der Waals surface area contributed by atoms with Crippen molar-refractivity contribution in [2.24, 2.45) is 0 Å². The molecule has 0 aromatic heterocycles. The van der Waals surface area contributed by atoms with E-state index in [1.807, 2.05) is 0 Å². The molecule has 20 heavy (non-hydrogen) atoms. The Morgan fingerprint density at radius 2 is 2.05 bits per heavy atom. The molecule has 0 atom stereocenters. The Morgan fingerprint density at radius 3 is 2.70 bits per heavy atom. The summed E-state index contributed by atoms with van der Waals surface area (Å²) in [6.07, 6.45) is 2.07. The van der Waals surface area contributed by atoms with Crippen molar-refractivity contribution < 1.29 is 19.0 Å². The van der Waals surface area contributed by atoms with Crippen LogP contribution in [0.3, 0.4) is 0 Å². The minimum Gasteiger partial charge on any atom is -0.496 e. The fourth-order valence-electron chi connectivity index (χ4n) is 1.52. The van der Waals surface area contributed by atoms with Crippen LogP contribution in [0.5, 0.6) is 5.75 Å². The van der Waals surface area contributed by atoms with Crippen LogP contribution in [0.25, 0.3) is 0 Å². The number of anilines is 1. The molecular formula is C14H20ClNO4.